The van der Waals surface area contributed by atoms with Crippen molar-refractivity contribution in [2.45, 2.75) is 77.2 Å². The van der Waals surface area contributed by atoms with Crippen LogP contribution in [0.1, 0.15) is 27.2 Å². The third-order valence-electron chi connectivity index (χ3n) is 7.11. The number of hydroxylamine groups is 2. The number of aryl methyl sites for hydroxylation is 2. The van der Waals surface area contributed by atoms with Crippen LogP contribution in [-0.4, -0.2) is 113 Å². The number of amides is 2. The second-order valence-corrected chi connectivity index (χ2v) is 19.2. The summed E-state index contributed by atoms with van der Waals surface area (Å²) in [6.45, 7) is 13.1. The zero-order valence-corrected chi connectivity index (χ0v) is 29.7. The molecule has 1 aliphatic heterocycles. The van der Waals surface area contributed by atoms with Crippen LogP contribution in [0.15, 0.2) is 12.5 Å². The summed E-state index contributed by atoms with van der Waals surface area (Å²) in [5.74, 6) is 0.978. The molecular weight excluding hydrogens is 631 g/mol. The molecular formula is C29H47FN10O6Si. The Kier molecular flexibility index (Phi) is 11.2. The minimum atomic E-state index is -1.37. The maximum Gasteiger partial charge on any atom is 0.434 e. The quantitative estimate of drug-likeness (QED) is 0.152. The van der Waals surface area contributed by atoms with Crippen molar-refractivity contribution in [3.8, 4) is 5.88 Å². The van der Waals surface area contributed by atoms with Crippen molar-refractivity contribution >= 4 is 48.9 Å². The van der Waals surface area contributed by atoms with E-state index in [9.17, 15) is 9.59 Å². The number of ether oxygens (including phenoxy) is 3. The summed E-state index contributed by atoms with van der Waals surface area (Å²) in [5.41, 5.74) is 0.941. The molecule has 0 saturated carbocycles. The van der Waals surface area contributed by atoms with Crippen LogP contribution in [-0.2, 0) is 27.9 Å². The van der Waals surface area contributed by atoms with Crippen molar-refractivity contribution in [2.24, 2.45) is 7.05 Å². The zero-order chi connectivity index (χ0) is 34.5. The Balaban J connectivity index is 1.42. The molecule has 0 bridgehead atoms. The Hall–Kier alpha value is -4.19. The maximum absolute atomic E-state index is 15.1. The van der Waals surface area contributed by atoms with Gasteiger partial charge in [-0.2, -0.15) is 15.0 Å². The van der Waals surface area contributed by atoms with E-state index in [0.717, 1.165) is 11.1 Å². The number of aromatic nitrogens is 6. The van der Waals surface area contributed by atoms with Crippen LogP contribution in [0.5, 0.6) is 5.88 Å². The standard InChI is InChI=1S/C29H47FN10O6Si/c1-29(2,3)46-28(42)38(5)45-12-10-11-40-17-21(25(36-40)43-6)32-23-22-24(37(4)18-31-22)35-26(34-23)39-15-19(30)20(16-39)33-27(41)44-13-14-47(7,8)9/h17-20H,10-16H2,1-9H3,(H,33,41)(H,32,34,35)/t19-,20-/m1/s1. The third kappa shape index (κ3) is 9.90. The van der Waals surface area contributed by atoms with E-state index in [1.807, 2.05) is 0 Å². The summed E-state index contributed by atoms with van der Waals surface area (Å²) in [4.78, 5) is 45.4. The van der Waals surface area contributed by atoms with Crippen LogP contribution < -0.4 is 20.3 Å². The lowest BCUT2D eigenvalue weighted by Gasteiger charge is -2.24. The monoisotopic (exact) mass is 678 g/mol. The van der Waals surface area contributed by atoms with Gasteiger partial charge in [-0.3, -0.25) is 9.52 Å². The molecule has 0 spiro atoms. The number of hydrogen-bond acceptors (Lipinski definition) is 12. The lowest BCUT2D eigenvalue weighted by Crippen LogP contribution is -2.42. The fourth-order valence-corrected chi connectivity index (χ4v) is 5.33. The number of nitrogens with one attached hydrogen (secondary N) is 2. The van der Waals surface area contributed by atoms with Crippen LogP contribution in [0.25, 0.3) is 11.2 Å². The third-order valence-corrected chi connectivity index (χ3v) is 8.81. The molecule has 47 heavy (non-hydrogen) atoms. The lowest BCUT2D eigenvalue weighted by atomic mass is 10.2. The van der Waals surface area contributed by atoms with E-state index in [1.54, 1.807) is 54.5 Å². The van der Waals surface area contributed by atoms with E-state index in [4.69, 9.17) is 24.0 Å². The summed E-state index contributed by atoms with van der Waals surface area (Å²) < 4.78 is 34.6. The first-order valence-corrected chi connectivity index (χ1v) is 19.2. The van der Waals surface area contributed by atoms with Crippen molar-refractivity contribution in [3.63, 3.8) is 0 Å². The maximum atomic E-state index is 15.1. The summed E-state index contributed by atoms with van der Waals surface area (Å²) in [5, 5.41) is 11.5. The first-order chi connectivity index (χ1) is 22.0. The number of methoxy groups -OCH3 is 1. The Morgan fingerprint density at radius 2 is 1.91 bits per heavy atom. The number of fused-ring (bicyclic) bond motifs is 1. The number of hydrogen-bond donors (Lipinski definition) is 2. The average molecular weight is 679 g/mol. The molecule has 0 aliphatic carbocycles. The molecule has 0 radical (unpaired) electrons. The number of carbonyl (C=O) groups is 2. The minimum absolute atomic E-state index is 0.00487. The summed E-state index contributed by atoms with van der Waals surface area (Å²) in [6.07, 6.45) is 1.37. The Morgan fingerprint density at radius 3 is 2.60 bits per heavy atom. The molecule has 4 rings (SSSR count). The number of halogens is 1. The highest BCUT2D eigenvalue weighted by atomic mass is 28.3. The molecule has 260 valence electrons. The second-order valence-electron chi connectivity index (χ2n) is 13.6. The number of anilines is 3. The topological polar surface area (TPSA) is 163 Å². The van der Waals surface area contributed by atoms with Crippen molar-refractivity contribution in [2.75, 3.05) is 50.7 Å². The van der Waals surface area contributed by atoms with Gasteiger partial charge in [0.2, 0.25) is 5.95 Å². The Labute approximate surface area is 274 Å². The molecule has 4 heterocycles. The van der Waals surface area contributed by atoms with E-state index >= 15 is 4.39 Å². The first-order valence-electron chi connectivity index (χ1n) is 15.5. The molecule has 3 aromatic rings. The van der Waals surface area contributed by atoms with Gasteiger partial charge >= 0.3 is 12.2 Å². The summed E-state index contributed by atoms with van der Waals surface area (Å²) in [7, 11) is 3.44. The molecule has 2 amide bonds. The average Bonchev–Trinajstić information content (AvgIpc) is 3.66. The van der Waals surface area contributed by atoms with Crippen LogP contribution in [0.4, 0.5) is 31.4 Å². The van der Waals surface area contributed by atoms with Gasteiger partial charge in [0.1, 0.15) is 17.5 Å². The SMILES string of the molecule is COc1nn(CCCON(C)C(=O)OC(C)(C)C)cc1Nc1nc(N2C[C@@H](F)[C@H](NC(=O)OCC[Si](C)(C)C)C2)nc2c1ncn2C. The lowest BCUT2D eigenvalue weighted by molar-refractivity contribution is -0.132. The van der Waals surface area contributed by atoms with Crippen LogP contribution in [0.2, 0.25) is 25.7 Å². The Morgan fingerprint density at radius 1 is 1.17 bits per heavy atom. The van der Waals surface area contributed by atoms with Gasteiger partial charge in [-0.15, -0.1) is 5.10 Å². The van der Waals surface area contributed by atoms with Crippen molar-refractivity contribution < 1.29 is 33.0 Å². The van der Waals surface area contributed by atoms with E-state index < -0.39 is 38.1 Å². The molecule has 1 aliphatic rings. The molecule has 1 saturated heterocycles. The molecule has 0 unspecified atom stereocenters. The van der Waals surface area contributed by atoms with Crippen LogP contribution in [0, 0.1) is 0 Å². The molecule has 0 aromatic carbocycles. The van der Waals surface area contributed by atoms with Crippen molar-refractivity contribution in [1.82, 2.24) is 39.7 Å². The predicted molar refractivity (Wildman–Crippen MR) is 176 cm³/mol. The largest absolute Gasteiger partial charge is 0.478 e. The number of imidazole rings is 1. The molecule has 1 fully saturated rings. The molecule has 3 aromatic heterocycles. The van der Waals surface area contributed by atoms with Gasteiger partial charge < -0.3 is 34.3 Å². The molecule has 2 atom stereocenters. The van der Waals surface area contributed by atoms with Gasteiger partial charge in [-0.25, -0.2) is 19.0 Å². The van der Waals surface area contributed by atoms with Gasteiger partial charge in [-0.05, 0) is 33.2 Å². The van der Waals surface area contributed by atoms with Crippen molar-refractivity contribution in [3.05, 3.63) is 12.5 Å². The zero-order valence-electron chi connectivity index (χ0n) is 28.7. The number of alkyl carbamates (subject to hydrolysis) is 1. The smallest absolute Gasteiger partial charge is 0.434 e. The molecule has 16 nitrogen and oxygen atoms in total. The fourth-order valence-electron chi connectivity index (χ4n) is 4.62. The minimum Gasteiger partial charge on any atom is -0.478 e. The highest BCUT2D eigenvalue weighted by Gasteiger charge is 2.36. The van der Waals surface area contributed by atoms with Gasteiger partial charge in [0.05, 0.1) is 45.4 Å². The van der Waals surface area contributed by atoms with Gasteiger partial charge in [0.15, 0.2) is 17.0 Å². The number of nitrogens with zero attached hydrogens (tertiary/aromatic N) is 8. The number of carbonyl (C=O) groups excluding carboxylic acids is 2. The highest BCUT2D eigenvalue weighted by molar-refractivity contribution is 6.76. The van der Waals surface area contributed by atoms with E-state index in [1.165, 1.54) is 14.2 Å². The van der Waals surface area contributed by atoms with E-state index in [-0.39, 0.29) is 25.6 Å². The van der Waals surface area contributed by atoms with Crippen molar-refractivity contribution in [1.29, 1.82) is 0 Å². The number of rotatable bonds is 13. The molecule has 18 heteroatoms. The van der Waals surface area contributed by atoms with Crippen LogP contribution >= 0.6 is 0 Å². The van der Waals surface area contributed by atoms with Gasteiger partial charge in [0.25, 0.3) is 5.88 Å². The highest BCUT2D eigenvalue weighted by Crippen LogP contribution is 2.31. The summed E-state index contributed by atoms with van der Waals surface area (Å²) >= 11 is 0. The van der Waals surface area contributed by atoms with Crippen LogP contribution in [0.3, 0.4) is 0 Å². The Bertz CT molecular complexity index is 1540. The molecule has 2 N–H and O–H groups in total. The van der Waals surface area contributed by atoms with E-state index in [2.05, 4.69) is 45.3 Å². The fraction of sp³-hybridized carbons (Fsp3) is 0.655. The van der Waals surface area contributed by atoms with Gasteiger partial charge in [0, 0.05) is 35.3 Å². The first kappa shape index (κ1) is 35.7. The summed E-state index contributed by atoms with van der Waals surface area (Å²) in [6, 6.07) is 0.0544. The number of alkyl halides is 1. The van der Waals surface area contributed by atoms with Gasteiger partial charge in [-0.1, -0.05) is 19.6 Å². The predicted octanol–water partition coefficient (Wildman–Crippen LogP) is 4.09. The van der Waals surface area contributed by atoms with E-state index in [0.29, 0.717) is 48.1 Å². The normalized spacial score (nSPS) is 16.8. The second kappa shape index (κ2) is 14.7.